The normalized spacial score (nSPS) is 30.3. The summed E-state index contributed by atoms with van der Waals surface area (Å²) in [7, 11) is 0. The van der Waals surface area contributed by atoms with E-state index in [0.717, 1.165) is 25.1 Å². The van der Waals surface area contributed by atoms with Crippen molar-refractivity contribution in [3.05, 3.63) is 18.2 Å². The summed E-state index contributed by atoms with van der Waals surface area (Å²) in [4.78, 5) is 30.3. The number of urea groups is 1. The van der Waals surface area contributed by atoms with Crippen molar-refractivity contribution in [2.24, 2.45) is 17.8 Å². The van der Waals surface area contributed by atoms with Gasteiger partial charge in [0.05, 0.1) is 5.92 Å². The molecule has 21 heavy (non-hydrogen) atoms. The van der Waals surface area contributed by atoms with Crippen LogP contribution in [0.1, 0.15) is 25.1 Å². The second-order valence-corrected chi connectivity index (χ2v) is 5.91. The number of amides is 2. The van der Waals surface area contributed by atoms with Crippen LogP contribution >= 0.6 is 0 Å². The highest BCUT2D eigenvalue weighted by Crippen LogP contribution is 2.48. The van der Waals surface area contributed by atoms with E-state index in [4.69, 9.17) is 0 Å². The van der Waals surface area contributed by atoms with Crippen LogP contribution in [0.5, 0.6) is 0 Å². The number of carbonyl (C=O) groups is 2. The highest BCUT2D eigenvalue weighted by Gasteiger charge is 2.51. The number of carbonyl (C=O) groups excluding carboxylic acids is 1. The Labute approximate surface area is 122 Å². The molecule has 4 N–H and O–H groups in total. The number of H-pyrrole nitrogens is 1. The molecule has 3 rings (SSSR count). The number of aromatic amines is 1. The van der Waals surface area contributed by atoms with Crippen molar-refractivity contribution in [1.82, 2.24) is 20.6 Å². The van der Waals surface area contributed by atoms with Gasteiger partial charge in [0.1, 0.15) is 5.82 Å². The van der Waals surface area contributed by atoms with E-state index in [-0.39, 0.29) is 18.0 Å². The molecule has 2 fully saturated rings. The lowest BCUT2D eigenvalue weighted by Gasteiger charge is -2.28. The zero-order chi connectivity index (χ0) is 14.8. The number of hydrogen-bond acceptors (Lipinski definition) is 3. The lowest BCUT2D eigenvalue weighted by atomic mass is 9.84. The molecule has 0 aliphatic heterocycles. The molecule has 2 amide bonds. The molecule has 0 spiro atoms. The van der Waals surface area contributed by atoms with Crippen LogP contribution in [-0.2, 0) is 11.2 Å². The Morgan fingerprint density at radius 1 is 1.38 bits per heavy atom. The maximum absolute atomic E-state index is 11.9. The standard InChI is InChI=1S/C14H20N4O3/c19-13(20)11-8-1-2-9(7-8)12(11)18-14(21)17-4-3-10-15-5-6-16-10/h5-6,8-9,11-12H,1-4,7H2,(H,15,16)(H,19,20)(H2,17,18,21). The Hall–Kier alpha value is -2.05. The number of aromatic nitrogens is 2. The van der Waals surface area contributed by atoms with E-state index in [1.54, 1.807) is 12.4 Å². The number of fused-ring (bicyclic) bond motifs is 2. The molecule has 4 atom stereocenters. The second kappa shape index (κ2) is 5.75. The average Bonchev–Trinajstić information content (AvgIpc) is 3.14. The van der Waals surface area contributed by atoms with Crippen molar-refractivity contribution in [1.29, 1.82) is 0 Å². The quantitative estimate of drug-likeness (QED) is 0.642. The van der Waals surface area contributed by atoms with E-state index in [0.29, 0.717) is 18.9 Å². The summed E-state index contributed by atoms with van der Waals surface area (Å²) >= 11 is 0. The lowest BCUT2D eigenvalue weighted by Crippen LogP contribution is -2.50. The van der Waals surface area contributed by atoms with Gasteiger partial charge in [-0.1, -0.05) is 0 Å². The predicted molar refractivity (Wildman–Crippen MR) is 74.6 cm³/mol. The van der Waals surface area contributed by atoms with Gasteiger partial charge in [-0.05, 0) is 31.1 Å². The molecule has 2 bridgehead atoms. The molecule has 2 aliphatic rings. The largest absolute Gasteiger partial charge is 0.481 e. The summed E-state index contributed by atoms with van der Waals surface area (Å²) in [5.41, 5.74) is 0. The van der Waals surface area contributed by atoms with Crippen LogP contribution in [0.15, 0.2) is 12.4 Å². The van der Waals surface area contributed by atoms with Crippen molar-refractivity contribution in [3.8, 4) is 0 Å². The molecular formula is C14H20N4O3. The molecule has 1 aromatic rings. The van der Waals surface area contributed by atoms with E-state index >= 15 is 0 Å². The third-order valence-corrected chi connectivity index (χ3v) is 4.70. The second-order valence-electron chi connectivity index (χ2n) is 5.91. The van der Waals surface area contributed by atoms with Gasteiger partial charge in [0.2, 0.25) is 0 Å². The first-order chi connectivity index (χ1) is 10.1. The van der Waals surface area contributed by atoms with Crippen LogP contribution in [0.2, 0.25) is 0 Å². The Morgan fingerprint density at radius 3 is 2.90 bits per heavy atom. The zero-order valence-electron chi connectivity index (χ0n) is 11.7. The molecule has 0 saturated heterocycles. The van der Waals surface area contributed by atoms with Gasteiger partial charge >= 0.3 is 12.0 Å². The summed E-state index contributed by atoms with van der Waals surface area (Å²) < 4.78 is 0. The Bertz CT molecular complexity index is 516. The smallest absolute Gasteiger partial charge is 0.315 e. The Balaban J connectivity index is 1.49. The molecule has 7 nitrogen and oxygen atoms in total. The minimum atomic E-state index is -0.789. The molecule has 1 heterocycles. The highest BCUT2D eigenvalue weighted by atomic mass is 16.4. The number of rotatable bonds is 5. The fourth-order valence-electron chi connectivity index (χ4n) is 3.79. The Morgan fingerprint density at radius 2 is 2.19 bits per heavy atom. The number of nitrogens with zero attached hydrogens (tertiary/aromatic N) is 1. The molecule has 114 valence electrons. The minimum absolute atomic E-state index is 0.223. The molecule has 2 aliphatic carbocycles. The predicted octanol–water partition coefficient (Wildman–Crippen LogP) is 0.751. The molecular weight excluding hydrogens is 272 g/mol. The Kier molecular flexibility index (Phi) is 3.81. The molecule has 2 saturated carbocycles. The van der Waals surface area contributed by atoms with Crippen LogP contribution in [0.4, 0.5) is 4.79 Å². The monoisotopic (exact) mass is 292 g/mol. The van der Waals surface area contributed by atoms with Gasteiger partial charge < -0.3 is 20.7 Å². The van der Waals surface area contributed by atoms with Gasteiger partial charge in [0.15, 0.2) is 0 Å². The first-order valence-corrected chi connectivity index (χ1v) is 7.40. The van der Waals surface area contributed by atoms with Gasteiger partial charge in [-0.2, -0.15) is 0 Å². The van der Waals surface area contributed by atoms with Crippen LogP contribution in [0.25, 0.3) is 0 Å². The summed E-state index contributed by atoms with van der Waals surface area (Å²) in [6.45, 7) is 0.470. The van der Waals surface area contributed by atoms with Gasteiger partial charge in [0.25, 0.3) is 0 Å². The van der Waals surface area contributed by atoms with Crippen LogP contribution in [0.3, 0.4) is 0 Å². The van der Waals surface area contributed by atoms with Crippen molar-refractivity contribution in [2.75, 3.05) is 6.54 Å². The maximum atomic E-state index is 11.9. The average molecular weight is 292 g/mol. The summed E-state index contributed by atoms with van der Waals surface area (Å²) in [6.07, 6.45) is 6.95. The summed E-state index contributed by atoms with van der Waals surface area (Å²) in [5.74, 6) is 0.133. The van der Waals surface area contributed by atoms with E-state index in [2.05, 4.69) is 20.6 Å². The van der Waals surface area contributed by atoms with Gasteiger partial charge in [0, 0.05) is 31.4 Å². The highest BCUT2D eigenvalue weighted by molar-refractivity contribution is 5.77. The molecule has 7 heteroatoms. The van der Waals surface area contributed by atoms with Gasteiger partial charge in [-0.25, -0.2) is 9.78 Å². The molecule has 1 aromatic heterocycles. The van der Waals surface area contributed by atoms with Crippen molar-refractivity contribution in [3.63, 3.8) is 0 Å². The van der Waals surface area contributed by atoms with Crippen molar-refractivity contribution < 1.29 is 14.7 Å². The maximum Gasteiger partial charge on any atom is 0.315 e. The number of nitrogens with one attached hydrogen (secondary N) is 3. The molecule has 0 radical (unpaired) electrons. The van der Waals surface area contributed by atoms with Gasteiger partial charge in [-0.3, -0.25) is 4.79 Å². The third kappa shape index (κ3) is 2.86. The number of carboxylic acid groups (broad SMARTS) is 1. The number of imidazole rings is 1. The van der Waals surface area contributed by atoms with Crippen LogP contribution in [0, 0.1) is 17.8 Å². The number of hydrogen-bond donors (Lipinski definition) is 4. The van der Waals surface area contributed by atoms with E-state index in [1.807, 2.05) is 0 Å². The van der Waals surface area contributed by atoms with Gasteiger partial charge in [-0.15, -0.1) is 0 Å². The SMILES string of the molecule is O=C(NCCc1ncc[nH]1)NC1C2CCC(C2)C1C(=O)O. The first-order valence-electron chi connectivity index (χ1n) is 7.40. The van der Waals surface area contributed by atoms with E-state index in [9.17, 15) is 14.7 Å². The topological polar surface area (TPSA) is 107 Å². The first kappa shape index (κ1) is 13.9. The fourth-order valence-corrected chi connectivity index (χ4v) is 3.79. The fraction of sp³-hybridized carbons (Fsp3) is 0.643. The number of carboxylic acids is 1. The van der Waals surface area contributed by atoms with Crippen LogP contribution < -0.4 is 10.6 Å². The molecule has 4 unspecified atom stereocenters. The van der Waals surface area contributed by atoms with Crippen molar-refractivity contribution in [2.45, 2.75) is 31.7 Å². The number of aliphatic carboxylic acids is 1. The van der Waals surface area contributed by atoms with E-state index in [1.165, 1.54) is 0 Å². The molecule has 0 aromatic carbocycles. The summed E-state index contributed by atoms with van der Waals surface area (Å²) in [5, 5.41) is 15.0. The van der Waals surface area contributed by atoms with Crippen molar-refractivity contribution >= 4 is 12.0 Å². The van der Waals surface area contributed by atoms with E-state index < -0.39 is 11.9 Å². The minimum Gasteiger partial charge on any atom is -0.481 e. The third-order valence-electron chi connectivity index (χ3n) is 4.70. The summed E-state index contributed by atoms with van der Waals surface area (Å²) in [6, 6.07) is -0.518. The lowest BCUT2D eigenvalue weighted by molar-refractivity contribution is -0.144. The van der Waals surface area contributed by atoms with Crippen LogP contribution in [-0.4, -0.2) is 39.7 Å². The zero-order valence-corrected chi connectivity index (χ0v) is 11.7.